The number of carbonyl (C=O) groups is 1. The van der Waals surface area contributed by atoms with E-state index in [0.717, 1.165) is 0 Å². The molecule has 4 nitrogen and oxygen atoms in total. The highest BCUT2D eigenvalue weighted by Gasteiger charge is 2.09. The maximum absolute atomic E-state index is 11.9. The molecule has 0 fully saturated rings. The Morgan fingerprint density at radius 2 is 2.30 bits per heavy atom. The topological polar surface area (TPSA) is 58.6 Å². The van der Waals surface area contributed by atoms with Crippen LogP contribution in [-0.4, -0.2) is 36.9 Å². The van der Waals surface area contributed by atoms with Gasteiger partial charge < -0.3 is 15.2 Å². The number of benzene rings is 1. The van der Waals surface area contributed by atoms with Crippen molar-refractivity contribution in [2.75, 3.05) is 19.8 Å². The molecule has 0 aromatic heterocycles. The molecule has 20 heavy (non-hydrogen) atoms. The van der Waals surface area contributed by atoms with Gasteiger partial charge in [0.1, 0.15) is 6.61 Å². The predicted molar refractivity (Wildman–Crippen MR) is 78.8 cm³/mol. The van der Waals surface area contributed by atoms with E-state index in [0.29, 0.717) is 29.3 Å². The standard InChI is InChI=1S/C15H18ClNO3/c1-3-20-11(2)10-17-15(19)13-7-6-12(5-4-8-18)14(16)9-13/h6-7,9,11,18H,3,8,10H2,1-2H3,(H,17,19). The molecule has 1 atom stereocenters. The van der Waals surface area contributed by atoms with Crippen molar-refractivity contribution in [3.8, 4) is 11.8 Å². The highest BCUT2D eigenvalue weighted by Crippen LogP contribution is 2.17. The second kappa shape index (κ2) is 8.60. The summed E-state index contributed by atoms with van der Waals surface area (Å²) in [5, 5.41) is 11.8. The van der Waals surface area contributed by atoms with Crippen molar-refractivity contribution < 1.29 is 14.6 Å². The highest BCUT2D eigenvalue weighted by atomic mass is 35.5. The van der Waals surface area contributed by atoms with Crippen molar-refractivity contribution in [3.63, 3.8) is 0 Å². The molecule has 0 saturated carbocycles. The van der Waals surface area contributed by atoms with Gasteiger partial charge in [-0.25, -0.2) is 0 Å². The van der Waals surface area contributed by atoms with Gasteiger partial charge in [0, 0.05) is 24.3 Å². The minimum Gasteiger partial charge on any atom is -0.384 e. The van der Waals surface area contributed by atoms with E-state index in [1.807, 2.05) is 13.8 Å². The number of aliphatic hydroxyl groups is 1. The molecule has 1 aromatic rings. The van der Waals surface area contributed by atoms with E-state index < -0.39 is 0 Å². The Morgan fingerprint density at radius 1 is 1.55 bits per heavy atom. The molecule has 1 unspecified atom stereocenters. The minimum atomic E-state index is -0.228. The summed E-state index contributed by atoms with van der Waals surface area (Å²) in [6.45, 7) is 4.62. The van der Waals surface area contributed by atoms with Gasteiger partial charge in [0.15, 0.2) is 0 Å². The average Bonchev–Trinajstić information content (AvgIpc) is 2.43. The average molecular weight is 296 g/mol. The lowest BCUT2D eigenvalue weighted by molar-refractivity contribution is 0.0695. The van der Waals surface area contributed by atoms with Crippen LogP contribution < -0.4 is 5.32 Å². The monoisotopic (exact) mass is 295 g/mol. The fourth-order valence-corrected chi connectivity index (χ4v) is 1.80. The molecule has 108 valence electrons. The zero-order valence-electron chi connectivity index (χ0n) is 11.6. The van der Waals surface area contributed by atoms with E-state index in [-0.39, 0.29) is 18.6 Å². The first-order chi connectivity index (χ1) is 9.58. The van der Waals surface area contributed by atoms with Gasteiger partial charge in [-0.1, -0.05) is 23.4 Å². The van der Waals surface area contributed by atoms with Crippen LogP contribution in [0.25, 0.3) is 0 Å². The summed E-state index contributed by atoms with van der Waals surface area (Å²) < 4.78 is 5.33. The first-order valence-corrected chi connectivity index (χ1v) is 6.75. The van der Waals surface area contributed by atoms with Crippen LogP contribution in [-0.2, 0) is 4.74 Å². The van der Waals surface area contributed by atoms with Gasteiger partial charge in [0.2, 0.25) is 0 Å². The fourth-order valence-electron chi connectivity index (χ4n) is 1.57. The van der Waals surface area contributed by atoms with Crippen molar-refractivity contribution in [1.29, 1.82) is 0 Å². The minimum absolute atomic E-state index is 0.0332. The largest absolute Gasteiger partial charge is 0.384 e. The number of ether oxygens (including phenoxy) is 1. The van der Waals surface area contributed by atoms with Gasteiger partial charge in [-0.15, -0.1) is 0 Å². The number of hydrogen-bond donors (Lipinski definition) is 2. The Morgan fingerprint density at radius 3 is 2.90 bits per heavy atom. The van der Waals surface area contributed by atoms with E-state index in [9.17, 15) is 4.79 Å². The second-order valence-corrected chi connectivity index (χ2v) is 4.54. The summed E-state index contributed by atoms with van der Waals surface area (Å²) in [6.07, 6.45) is -0.0332. The van der Waals surface area contributed by atoms with E-state index in [2.05, 4.69) is 17.2 Å². The van der Waals surface area contributed by atoms with Gasteiger partial charge in [-0.05, 0) is 32.0 Å². The van der Waals surface area contributed by atoms with Crippen LogP contribution in [0.3, 0.4) is 0 Å². The highest BCUT2D eigenvalue weighted by molar-refractivity contribution is 6.32. The molecule has 0 aliphatic heterocycles. The maximum Gasteiger partial charge on any atom is 0.251 e. The van der Waals surface area contributed by atoms with Crippen molar-refractivity contribution >= 4 is 17.5 Å². The molecule has 1 aromatic carbocycles. The molecular formula is C15H18ClNO3. The van der Waals surface area contributed by atoms with Crippen molar-refractivity contribution in [2.24, 2.45) is 0 Å². The fraction of sp³-hybridized carbons (Fsp3) is 0.400. The summed E-state index contributed by atoms with van der Waals surface area (Å²) in [6, 6.07) is 4.86. The molecule has 2 N–H and O–H groups in total. The summed E-state index contributed by atoms with van der Waals surface area (Å²) in [4.78, 5) is 11.9. The number of rotatable bonds is 5. The smallest absolute Gasteiger partial charge is 0.251 e. The Bertz CT molecular complexity index is 520. The van der Waals surface area contributed by atoms with Crippen LogP contribution in [0.2, 0.25) is 5.02 Å². The van der Waals surface area contributed by atoms with E-state index in [1.54, 1.807) is 18.2 Å². The predicted octanol–water partition coefficient (Wildman–Crippen LogP) is 1.84. The molecule has 5 heteroatoms. The first-order valence-electron chi connectivity index (χ1n) is 6.37. The maximum atomic E-state index is 11.9. The molecule has 0 saturated heterocycles. The van der Waals surface area contributed by atoms with Crippen LogP contribution in [0.5, 0.6) is 0 Å². The number of hydrogen-bond acceptors (Lipinski definition) is 3. The van der Waals surface area contributed by atoms with Crippen LogP contribution in [0.4, 0.5) is 0 Å². The van der Waals surface area contributed by atoms with E-state index >= 15 is 0 Å². The molecule has 0 aliphatic rings. The van der Waals surface area contributed by atoms with E-state index in [1.165, 1.54) is 0 Å². The molecule has 0 aliphatic carbocycles. The van der Waals surface area contributed by atoms with Crippen LogP contribution >= 0.6 is 11.6 Å². The zero-order valence-corrected chi connectivity index (χ0v) is 12.3. The summed E-state index contributed by atoms with van der Waals surface area (Å²) in [5.41, 5.74) is 1.05. The lowest BCUT2D eigenvalue weighted by Crippen LogP contribution is -2.32. The molecule has 0 radical (unpaired) electrons. The summed E-state index contributed by atoms with van der Waals surface area (Å²) in [5.74, 6) is 5.02. The number of nitrogens with one attached hydrogen (secondary N) is 1. The van der Waals surface area contributed by atoms with Gasteiger partial charge >= 0.3 is 0 Å². The molecule has 1 rings (SSSR count). The number of amides is 1. The quantitative estimate of drug-likeness (QED) is 0.815. The molecule has 0 spiro atoms. The van der Waals surface area contributed by atoms with Gasteiger partial charge in [-0.3, -0.25) is 4.79 Å². The third-order valence-electron chi connectivity index (χ3n) is 2.53. The zero-order chi connectivity index (χ0) is 15.0. The Labute approximate surface area is 124 Å². The first kappa shape index (κ1) is 16.5. The van der Waals surface area contributed by atoms with Crippen molar-refractivity contribution in [2.45, 2.75) is 20.0 Å². The Balaban J connectivity index is 2.68. The normalized spacial score (nSPS) is 11.4. The molecule has 0 bridgehead atoms. The Hall–Kier alpha value is -1.54. The van der Waals surface area contributed by atoms with Crippen molar-refractivity contribution in [1.82, 2.24) is 5.32 Å². The molecule has 1 amide bonds. The van der Waals surface area contributed by atoms with Gasteiger partial charge in [-0.2, -0.15) is 0 Å². The lowest BCUT2D eigenvalue weighted by Gasteiger charge is -2.12. The van der Waals surface area contributed by atoms with Crippen LogP contribution in [0.1, 0.15) is 29.8 Å². The lowest BCUT2D eigenvalue weighted by atomic mass is 10.1. The second-order valence-electron chi connectivity index (χ2n) is 4.13. The third-order valence-corrected chi connectivity index (χ3v) is 2.85. The summed E-state index contributed by atoms with van der Waals surface area (Å²) in [7, 11) is 0. The van der Waals surface area contributed by atoms with Crippen LogP contribution in [0.15, 0.2) is 18.2 Å². The molecular weight excluding hydrogens is 278 g/mol. The number of halogens is 1. The Kier molecular flexibility index (Phi) is 7.10. The van der Waals surface area contributed by atoms with Gasteiger partial charge in [0.05, 0.1) is 11.1 Å². The van der Waals surface area contributed by atoms with E-state index in [4.69, 9.17) is 21.4 Å². The van der Waals surface area contributed by atoms with Crippen LogP contribution in [0, 0.1) is 11.8 Å². The number of carbonyl (C=O) groups excluding carboxylic acids is 1. The third kappa shape index (κ3) is 5.22. The summed E-state index contributed by atoms with van der Waals surface area (Å²) >= 11 is 6.03. The number of aliphatic hydroxyl groups excluding tert-OH is 1. The molecule has 0 heterocycles. The van der Waals surface area contributed by atoms with Gasteiger partial charge in [0.25, 0.3) is 5.91 Å². The van der Waals surface area contributed by atoms with Crippen molar-refractivity contribution in [3.05, 3.63) is 34.3 Å². The SMILES string of the molecule is CCOC(C)CNC(=O)c1ccc(C#CCO)c(Cl)c1.